The summed E-state index contributed by atoms with van der Waals surface area (Å²) in [4.78, 5) is 0. The second kappa shape index (κ2) is 4.85. The minimum absolute atomic E-state index is 0.578. The molecule has 1 unspecified atom stereocenters. The Hall–Kier alpha value is -1.06. The Balaban J connectivity index is 1.98. The lowest BCUT2D eigenvalue weighted by Crippen LogP contribution is -2.45. The van der Waals surface area contributed by atoms with Crippen molar-refractivity contribution in [3.8, 4) is 0 Å². The Morgan fingerprint density at radius 2 is 2.56 bits per heavy atom. The number of nitrogens with one attached hydrogen (secondary N) is 1. The predicted octanol–water partition coefficient (Wildman–Crippen LogP) is 2.19. The van der Waals surface area contributed by atoms with Crippen LogP contribution in [0.1, 0.15) is 31.9 Å². The van der Waals surface area contributed by atoms with Gasteiger partial charge in [-0.1, -0.05) is 5.57 Å². The van der Waals surface area contributed by atoms with Crippen LogP contribution >= 0.6 is 0 Å². The summed E-state index contributed by atoms with van der Waals surface area (Å²) in [7, 11) is 0. The Morgan fingerprint density at radius 1 is 1.69 bits per heavy atom. The average molecular weight is 221 g/mol. The highest BCUT2D eigenvalue weighted by atomic mass is 16.3. The molecule has 3 nitrogen and oxygen atoms in total. The molecule has 1 aliphatic heterocycles. The summed E-state index contributed by atoms with van der Waals surface area (Å²) in [5.41, 5.74) is 0.576. The SMILES string of the molecule is C/C(=C\c1ccco1)CC1(O)CCCNC1. The van der Waals surface area contributed by atoms with Crippen LogP contribution in [-0.2, 0) is 0 Å². The van der Waals surface area contributed by atoms with E-state index in [0.29, 0.717) is 13.0 Å². The van der Waals surface area contributed by atoms with E-state index in [2.05, 4.69) is 5.32 Å². The van der Waals surface area contributed by atoms with Crippen molar-refractivity contribution in [3.63, 3.8) is 0 Å². The average Bonchev–Trinajstić information content (AvgIpc) is 2.70. The minimum atomic E-state index is -0.578. The van der Waals surface area contributed by atoms with E-state index in [-0.39, 0.29) is 0 Å². The van der Waals surface area contributed by atoms with E-state index in [1.165, 1.54) is 0 Å². The molecule has 0 radical (unpaired) electrons. The molecule has 1 aromatic rings. The van der Waals surface area contributed by atoms with Crippen LogP contribution < -0.4 is 5.32 Å². The fraction of sp³-hybridized carbons (Fsp3) is 0.538. The third-order valence-electron chi connectivity index (χ3n) is 2.99. The Kier molecular flexibility index (Phi) is 3.46. The maximum atomic E-state index is 10.3. The monoisotopic (exact) mass is 221 g/mol. The van der Waals surface area contributed by atoms with E-state index in [1.807, 2.05) is 25.1 Å². The first-order valence-corrected chi connectivity index (χ1v) is 5.82. The number of β-amino-alcohol motifs (C(OH)–C–C–N with tert-alkyl or cyclic N) is 1. The second-order valence-electron chi connectivity index (χ2n) is 4.69. The number of piperidine rings is 1. The molecule has 1 aliphatic rings. The summed E-state index contributed by atoms with van der Waals surface area (Å²) in [6.45, 7) is 3.74. The molecule has 2 rings (SSSR count). The number of rotatable bonds is 3. The summed E-state index contributed by atoms with van der Waals surface area (Å²) >= 11 is 0. The number of hydrogen-bond donors (Lipinski definition) is 2. The molecule has 1 aromatic heterocycles. The van der Waals surface area contributed by atoms with E-state index < -0.39 is 5.60 Å². The highest BCUT2D eigenvalue weighted by molar-refractivity contribution is 5.46. The van der Waals surface area contributed by atoms with Gasteiger partial charge < -0.3 is 14.8 Å². The quantitative estimate of drug-likeness (QED) is 0.822. The topological polar surface area (TPSA) is 45.4 Å². The van der Waals surface area contributed by atoms with Crippen LogP contribution in [0.25, 0.3) is 6.08 Å². The Labute approximate surface area is 96.2 Å². The van der Waals surface area contributed by atoms with Gasteiger partial charge in [0.25, 0.3) is 0 Å². The van der Waals surface area contributed by atoms with Crippen molar-refractivity contribution in [2.75, 3.05) is 13.1 Å². The summed E-state index contributed by atoms with van der Waals surface area (Å²) in [5.74, 6) is 0.852. The molecule has 1 saturated heterocycles. The first kappa shape index (κ1) is 11.4. The van der Waals surface area contributed by atoms with Crippen LogP contribution in [0.15, 0.2) is 28.4 Å². The fourth-order valence-corrected chi connectivity index (χ4v) is 2.29. The molecule has 2 heterocycles. The summed E-state index contributed by atoms with van der Waals surface area (Å²) in [5, 5.41) is 13.6. The summed E-state index contributed by atoms with van der Waals surface area (Å²) < 4.78 is 5.25. The van der Waals surface area contributed by atoms with Crippen molar-refractivity contribution in [2.45, 2.75) is 31.8 Å². The normalized spacial score (nSPS) is 27.0. The first-order chi connectivity index (χ1) is 7.68. The zero-order valence-electron chi connectivity index (χ0n) is 9.70. The standard InChI is InChI=1S/C13H19NO2/c1-11(8-12-4-2-7-16-12)9-13(15)5-3-6-14-10-13/h2,4,7-8,14-15H,3,5-6,9-10H2,1H3/b11-8+. The molecule has 0 aliphatic carbocycles. The van der Waals surface area contributed by atoms with Crippen molar-refractivity contribution in [1.82, 2.24) is 5.32 Å². The van der Waals surface area contributed by atoms with Crippen molar-refractivity contribution >= 4 is 6.08 Å². The van der Waals surface area contributed by atoms with Crippen LogP contribution in [0.4, 0.5) is 0 Å². The smallest absolute Gasteiger partial charge is 0.126 e. The van der Waals surface area contributed by atoms with Gasteiger partial charge in [0.05, 0.1) is 11.9 Å². The largest absolute Gasteiger partial charge is 0.465 e. The van der Waals surface area contributed by atoms with E-state index >= 15 is 0 Å². The molecule has 2 N–H and O–H groups in total. The van der Waals surface area contributed by atoms with Gasteiger partial charge in [0.2, 0.25) is 0 Å². The maximum Gasteiger partial charge on any atom is 0.126 e. The molecule has 1 atom stereocenters. The molecule has 1 fully saturated rings. The highest BCUT2D eigenvalue weighted by Crippen LogP contribution is 2.25. The lowest BCUT2D eigenvalue weighted by molar-refractivity contribution is 0.0172. The number of furan rings is 1. The van der Waals surface area contributed by atoms with E-state index in [0.717, 1.165) is 30.7 Å². The van der Waals surface area contributed by atoms with Crippen molar-refractivity contribution in [1.29, 1.82) is 0 Å². The van der Waals surface area contributed by atoms with Crippen molar-refractivity contribution in [2.24, 2.45) is 0 Å². The lowest BCUT2D eigenvalue weighted by atomic mass is 9.87. The molecule has 0 saturated carbocycles. The third-order valence-corrected chi connectivity index (χ3v) is 2.99. The molecular weight excluding hydrogens is 202 g/mol. The van der Waals surface area contributed by atoms with Gasteiger partial charge in [0.1, 0.15) is 5.76 Å². The Bertz CT molecular complexity index is 348. The number of hydrogen-bond acceptors (Lipinski definition) is 3. The van der Waals surface area contributed by atoms with Gasteiger partial charge in [-0.2, -0.15) is 0 Å². The predicted molar refractivity (Wildman–Crippen MR) is 64.0 cm³/mol. The maximum absolute atomic E-state index is 10.3. The van der Waals surface area contributed by atoms with Crippen molar-refractivity contribution < 1.29 is 9.52 Å². The Morgan fingerprint density at radius 3 is 3.19 bits per heavy atom. The van der Waals surface area contributed by atoms with Gasteiger partial charge in [-0.15, -0.1) is 0 Å². The van der Waals surface area contributed by atoms with Gasteiger partial charge in [0, 0.05) is 6.54 Å². The third kappa shape index (κ3) is 2.97. The van der Waals surface area contributed by atoms with Crippen LogP contribution in [0, 0.1) is 0 Å². The zero-order chi connectivity index (χ0) is 11.4. The van der Waals surface area contributed by atoms with Crippen molar-refractivity contribution in [3.05, 3.63) is 29.7 Å². The second-order valence-corrected chi connectivity index (χ2v) is 4.69. The first-order valence-electron chi connectivity index (χ1n) is 5.82. The molecule has 0 spiro atoms. The minimum Gasteiger partial charge on any atom is -0.465 e. The van der Waals surface area contributed by atoms with Crippen LogP contribution in [0.3, 0.4) is 0 Å². The molecule has 16 heavy (non-hydrogen) atoms. The zero-order valence-corrected chi connectivity index (χ0v) is 9.70. The molecule has 88 valence electrons. The summed E-state index contributed by atoms with van der Waals surface area (Å²) in [6, 6.07) is 3.79. The van der Waals surface area contributed by atoms with Gasteiger partial charge in [-0.3, -0.25) is 0 Å². The summed E-state index contributed by atoms with van der Waals surface area (Å²) in [6.07, 6.45) is 6.29. The lowest BCUT2D eigenvalue weighted by Gasteiger charge is -2.32. The highest BCUT2D eigenvalue weighted by Gasteiger charge is 2.28. The molecular formula is C13H19NO2. The molecule has 3 heteroatoms. The van der Waals surface area contributed by atoms with Gasteiger partial charge in [0.15, 0.2) is 0 Å². The van der Waals surface area contributed by atoms with E-state index in [1.54, 1.807) is 6.26 Å². The molecule has 0 aromatic carbocycles. The van der Waals surface area contributed by atoms with Gasteiger partial charge in [-0.25, -0.2) is 0 Å². The molecule has 0 amide bonds. The van der Waals surface area contributed by atoms with Gasteiger partial charge in [-0.05, 0) is 50.9 Å². The number of aliphatic hydroxyl groups is 1. The van der Waals surface area contributed by atoms with Crippen LogP contribution in [-0.4, -0.2) is 23.8 Å². The fourth-order valence-electron chi connectivity index (χ4n) is 2.29. The molecule has 0 bridgehead atoms. The van der Waals surface area contributed by atoms with Gasteiger partial charge >= 0.3 is 0 Å². The van der Waals surface area contributed by atoms with Crippen LogP contribution in [0.5, 0.6) is 0 Å². The van der Waals surface area contributed by atoms with E-state index in [4.69, 9.17) is 4.42 Å². The van der Waals surface area contributed by atoms with Crippen LogP contribution in [0.2, 0.25) is 0 Å². The van der Waals surface area contributed by atoms with E-state index in [9.17, 15) is 5.11 Å².